The number of imide groups is 1. The van der Waals surface area contributed by atoms with Crippen LogP contribution in [-0.2, 0) is 16.0 Å². The first-order valence-electron chi connectivity index (χ1n) is 13.0. The van der Waals surface area contributed by atoms with Crippen LogP contribution in [0.4, 0.5) is 0 Å². The van der Waals surface area contributed by atoms with Crippen molar-refractivity contribution >= 4 is 34.4 Å². The van der Waals surface area contributed by atoms with Crippen LogP contribution in [0.2, 0.25) is 0 Å². The maximum absolute atomic E-state index is 13.0. The molecule has 7 nitrogen and oxygen atoms in total. The minimum atomic E-state index is -0.305. The molecule has 0 unspecified atom stereocenters. The lowest BCUT2D eigenvalue weighted by Crippen LogP contribution is -2.50. The Morgan fingerprint density at radius 1 is 0.649 bits per heavy atom. The Morgan fingerprint density at radius 2 is 1.19 bits per heavy atom. The molecule has 0 aromatic heterocycles. The number of aryl methyl sites for hydroxylation is 1. The van der Waals surface area contributed by atoms with E-state index in [4.69, 9.17) is 0 Å². The average Bonchev–Trinajstić information content (AvgIpc) is 2.94. The topological polar surface area (TPSA) is 78.0 Å². The summed E-state index contributed by atoms with van der Waals surface area (Å²) in [4.78, 5) is 56.3. The summed E-state index contributed by atoms with van der Waals surface area (Å²) in [6, 6.07) is 21.1. The van der Waals surface area contributed by atoms with E-state index in [1.54, 1.807) is 17.0 Å². The lowest BCUT2D eigenvalue weighted by Gasteiger charge is -2.35. The minimum Gasteiger partial charge on any atom is -0.339 e. The normalized spacial score (nSPS) is 15.4. The van der Waals surface area contributed by atoms with Crippen LogP contribution in [0.5, 0.6) is 0 Å². The first kappa shape index (κ1) is 24.7. The lowest BCUT2D eigenvalue weighted by atomic mass is 9.94. The highest BCUT2D eigenvalue weighted by atomic mass is 16.2. The molecule has 0 atom stereocenters. The third-order valence-corrected chi connectivity index (χ3v) is 7.31. The fraction of sp³-hybridized carbons (Fsp3) is 0.333. The molecule has 0 spiro atoms. The molecule has 4 amide bonds. The number of nitrogens with zero attached hydrogens (tertiary/aromatic N) is 3. The molecule has 2 heterocycles. The van der Waals surface area contributed by atoms with E-state index in [-0.39, 0.29) is 36.6 Å². The molecule has 37 heavy (non-hydrogen) atoms. The van der Waals surface area contributed by atoms with Crippen molar-refractivity contribution < 1.29 is 19.2 Å². The third kappa shape index (κ3) is 5.26. The van der Waals surface area contributed by atoms with Crippen molar-refractivity contribution in [2.24, 2.45) is 0 Å². The number of carbonyl (C=O) groups excluding carboxylic acids is 4. The second-order valence-electron chi connectivity index (χ2n) is 9.68. The molecular formula is C30H31N3O4. The minimum absolute atomic E-state index is 0.00409. The Hall–Kier alpha value is -4.00. The maximum atomic E-state index is 13.0. The summed E-state index contributed by atoms with van der Waals surface area (Å²) in [7, 11) is 0. The van der Waals surface area contributed by atoms with Gasteiger partial charge in [-0.1, -0.05) is 54.6 Å². The van der Waals surface area contributed by atoms with Gasteiger partial charge in [0.2, 0.25) is 11.8 Å². The monoisotopic (exact) mass is 497 g/mol. The second-order valence-corrected chi connectivity index (χ2v) is 9.68. The average molecular weight is 498 g/mol. The maximum Gasteiger partial charge on any atom is 0.261 e. The van der Waals surface area contributed by atoms with Gasteiger partial charge in [0.1, 0.15) is 0 Å². The standard InChI is InChI=1S/C30H31N3O4/c34-26(15-4-10-22-8-2-1-3-9-22)31-18-20-32(21-19-31)27(35)16-7-17-33-29(36)24-13-5-11-23-12-6-14-25(28(23)24)30(33)37/h1-3,5-6,8-9,11-14H,4,7,10,15-21H2. The second kappa shape index (κ2) is 10.9. The number of amides is 4. The highest BCUT2D eigenvalue weighted by molar-refractivity contribution is 6.25. The first-order chi connectivity index (χ1) is 18.0. The molecular weight excluding hydrogens is 466 g/mol. The molecule has 1 fully saturated rings. The zero-order valence-electron chi connectivity index (χ0n) is 20.9. The summed E-state index contributed by atoms with van der Waals surface area (Å²) in [5.41, 5.74) is 2.30. The predicted molar refractivity (Wildman–Crippen MR) is 141 cm³/mol. The molecule has 190 valence electrons. The number of hydrogen-bond acceptors (Lipinski definition) is 4. The van der Waals surface area contributed by atoms with E-state index in [0.717, 1.165) is 18.2 Å². The van der Waals surface area contributed by atoms with E-state index in [1.165, 1.54) is 10.5 Å². The molecule has 2 aliphatic heterocycles. The van der Waals surface area contributed by atoms with Crippen LogP contribution in [0.1, 0.15) is 52.0 Å². The van der Waals surface area contributed by atoms with Gasteiger partial charge in [0.05, 0.1) is 0 Å². The molecule has 0 radical (unpaired) electrons. The molecule has 3 aromatic rings. The van der Waals surface area contributed by atoms with Gasteiger partial charge in [0, 0.05) is 62.1 Å². The zero-order valence-corrected chi connectivity index (χ0v) is 20.9. The highest BCUT2D eigenvalue weighted by Gasteiger charge is 2.32. The molecule has 2 aliphatic rings. The summed E-state index contributed by atoms with van der Waals surface area (Å²) >= 11 is 0. The van der Waals surface area contributed by atoms with Gasteiger partial charge < -0.3 is 9.80 Å². The molecule has 0 bridgehead atoms. The molecule has 7 heteroatoms. The van der Waals surface area contributed by atoms with Crippen molar-refractivity contribution in [3.63, 3.8) is 0 Å². The number of carbonyl (C=O) groups is 4. The van der Waals surface area contributed by atoms with E-state index in [0.29, 0.717) is 55.5 Å². The molecule has 5 rings (SSSR count). The van der Waals surface area contributed by atoms with Gasteiger partial charge in [0.25, 0.3) is 11.8 Å². The van der Waals surface area contributed by atoms with Crippen LogP contribution < -0.4 is 0 Å². The van der Waals surface area contributed by atoms with Crippen LogP contribution in [0, 0.1) is 0 Å². The van der Waals surface area contributed by atoms with Crippen LogP contribution in [-0.4, -0.2) is 71.1 Å². The van der Waals surface area contributed by atoms with Crippen molar-refractivity contribution in [2.45, 2.75) is 32.1 Å². The Labute approximate surface area is 216 Å². The molecule has 1 saturated heterocycles. The van der Waals surface area contributed by atoms with Gasteiger partial charge in [-0.15, -0.1) is 0 Å². The van der Waals surface area contributed by atoms with E-state index < -0.39 is 0 Å². The summed E-state index contributed by atoms with van der Waals surface area (Å²) < 4.78 is 0. The van der Waals surface area contributed by atoms with Crippen molar-refractivity contribution in [3.05, 3.63) is 83.4 Å². The lowest BCUT2D eigenvalue weighted by molar-refractivity contribution is -0.139. The van der Waals surface area contributed by atoms with Gasteiger partial charge in [-0.25, -0.2) is 0 Å². The zero-order chi connectivity index (χ0) is 25.8. The largest absolute Gasteiger partial charge is 0.339 e. The Kier molecular flexibility index (Phi) is 7.30. The van der Waals surface area contributed by atoms with Gasteiger partial charge in [-0.2, -0.15) is 0 Å². The smallest absolute Gasteiger partial charge is 0.261 e. The van der Waals surface area contributed by atoms with Crippen LogP contribution in [0.3, 0.4) is 0 Å². The predicted octanol–water partition coefficient (Wildman–Crippen LogP) is 3.91. The SMILES string of the molecule is O=C(CCCc1ccccc1)N1CCN(C(=O)CCCN2C(=O)c3cccc4cccc(c34)C2=O)CC1. The Bertz CT molecular complexity index is 1280. The third-order valence-electron chi connectivity index (χ3n) is 7.31. The summed E-state index contributed by atoms with van der Waals surface area (Å²) in [6.45, 7) is 2.31. The molecule has 0 saturated carbocycles. The van der Waals surface area contributed by atoms with Crippen LogP contribution in [0.25, 0.3) is 10.8 Å². The van der Waals surface area contributed by atoms with Gasteiger partial charge >= 0.3 is 0 Å². The van der Waals surface area contributed by atoms with E-state index in [2.05, 4.69) is 12.1 Å². The Balaban J connectivity index is 1.07. The fourth-order valence-electron chi connectivity index (χ4n) is 5.28. The first-order valence-corrected chi connectivity index (χ1v) is 13.0. The van der Waals surface area contributed by atoms with E-state index in [1.807, 2.05) is 47.4 Å². The van der Waals surface area contributed by atoms with Crippen molar-refractivity contribution in [1.29, 1.82) is 0 Å². The number of benzene rings is 3. The van der Waals surface area contributed by atoms with Gasteiger partial charge in [-0.3, -0.25) is 24.1 Å². The van der Waals surface area contributed by atoms with Gasteiger partial charge in [-0.05, 0) is 42.3 Å². The quantitative estimate of drug-likeness (QED) is 0.442. The van der Waals surface area contributed by atoms with Gasteiger partial charge in [0.15, 0.2) is 0 Å². The summed E-state index contributed by atoms with van der Waals surface area (Å²) in [6.07, 6.45) is 2.88. The fourth-order valence-corrected chi connectivity index (χ4v) is 5.28. The Morgan fingerprint density at radius 3 is 1.76 bits per heavy atom. The van der Waals surface area contributed by atoms with Crippen LogP contribution in [0.15, 0.2) is 66.7 Å². The number of piperazine rings is 1. The van der Waals surface area contributed by atoms with Crippen molar-refractivity contribution in [2.75, 3.05) is 32.7 Å². The number of hydrogen-bond donors (Lipinski definition) is 0. The highest BCUT2D eigenvalue weighted by Crippen LogP contribution is 2.30. The van der Waals surface area contributed by atoms with E-state index >= 15 is 0 Å². The molecule has 3 aromatic carbocycles. The summed E-state index contributed by atoms with van der Waals surface area (Å²) in [5, 5.41) is 1.58. The van der Waals surface area contributed by atoms with Crippen molar-refractivity contribution in [1.82, 2.24) is 14.7 Å². The number of rotatable bonds is 8. The van der Waals surface area contributed by atoms with Crippen LogP contribution >= 0.6 is 0 Å². The molecule has 0 aliphatic carbocycles. The van der Waals surface area contributed by atoms with Crippen molar-refractivity contribution in [3.8, 4) is 0 Å². The summed E-state index contributed by atoms with van der Waals surface area (Å²) in [5.74, 6) is -0.474. The van der Waals surface area contributed by atoms with E-state index in [9.17, 15) is 19.2 Å². The molecule has 0 N–H and O–H groups in total.